The van der Waals surface area contributed by atoms with Gasteiger partial charge in [-0.3, -0.25) is 0 Å². The van der Waals surface area contributed by atoms with Crippen molar-refractivity contribution < 1.29 is 4.74 Å². The van der Waals surface area contributed by atoms with Gasteiger partial charge in [-0.05, 0) is 30.8 Å². The molecule has 0 aliphatic rings. The monoisotopic (exact) mass is 221 g/mol. The minimum atomic E-state index is -0.0909. The lowest BCUT2D eigenvalue weighted by molar-refractivity contribution is 0.417. The van der Waals surface area contributed by atoms with Crippen LogP contribution in [0.1, 0.15) is 0 Å². The van der Waals surface area contributed by atoms with E-state index in [4.69, 9.17) is 11.2 Å². The lowest BCUT2D eigenvalue weighted by Gasteiger charge is -2.13. The average Bonchev–Trinajstić information content (AvgIpc) is 2.25. The summed E-state index contributed by atoms with van der Waals surface area (Å²) in [5, 5.41) is 4.45. The van der Waals surface area contributed by atoms with Gasteiger partial charge in [-0.2, -0.15) is 0 Å². The zero-order valence-corrected chi connectivity index (χ0v) is 10.3. The Morgan fingerprint density at radius 2 is 2.20 bits per heavy atom. The van der Waals surface area contributed by atoms with Crippen molar-refractivity contribution in [3.05, 3.63) is 18.2 Å². The van der Waals surface area contributed by atoms with Crippen LogP contribution in [0.15, 0.2) is 18.2 Å². The number of anilines is 1. The minimum Gasteiger partial charge on any atom is -0.495 e. The fourth-order valence-corrected chi connectivity index (χ4v) is 2.00. The molecule has 0 atom stereocenters. The number of methoxy groups -OCH3 is 1. The topological polar surface area (TPSA) is 21.3 Å². The number of rotatable bonds is 4. The first-order valence-electron chi connectivity index (χ1n) is 4.71. The summed E-state index contributed by atoms with van der Waals surface area (Å²) in [4.78, 5) is 0. The van der Waals surface area contributed by atoms with Crippen LogP contribution >= 0.6 is 7.92 Å². The molecule has 0 fully saturated rings. The maximum Gasteiger partial charge on any atom is 0.142 e. The van der Waals surface area contributed by atoms with E-state index in [9.17, 15) is 0 Å². The summed E-state index contributed by atoms with van der Waals surface area (Å²) < 4.78 is 5.31. The van der Waals surface area contributed by atoms with Crippen LogP contribution in [-0.2, 0) is 0 Å². The molecule has 0 radical (unpaired) electrons. The molecular formula is C12H16NOP. The van der Waals surface area contributed by atoms with E-state index in [2.05, 4.69) is 36.7 Å². The van der Waals surface area contributed by atoms with Crippen molar-refractivity contribution in [3.8, 4) is 18.1 Å². The third-order valence-electron chi connectivity index (χ3n) is 2.08. The molecule has 80 valence electrons. The van der Waals surface area contributed by atoms with Crippen LogP contribution in [0.25, 0.3) is 0 Å². The summed E-state index contributed by atoms with van der Waals surface area (Å²) in [5.41, 5.74) is 0.955. The fraction of sp³-hybridized carbons (Fsp3) is 0.333. The minimum absolute atomic E-state index is 0.0909. The van der Waals surface area contributed by atoms with Crippen LogP contribution in [0.3, 0.4) is 0 Å². The Hall–Kier alpha value is -1.19. The standard InChI is InChI=1S/C12H16NOP/c1-5-8-13-11-7-6-10(15(3)4)9-12(11)14-2/h1,6-7,9,13H,8H2,2-4H3. The molecule has 0 spiro atoms. The summed E-state index contributed by atoms with van der Waals surface area (Å²) >= 11 is 0. The summed E-state index contributed by atoms with van der Waals surface area (Å²) in [5.74, 6) is 3.40. The van der Waals surface area contributed by atoms with Gasteiger partial charge in [-0.1, -0.05) is 19.9 Å². The first-order valence-corrected chi connectivity index (χ1v) is 6.95. The van der Waals surface area contributed by atoms with Gasteiger partial charge in [-0.25, -0.2) is 0 Å². The molecular weight excluding hydrogens is 205 g/mol. The molecule has 0 bridgehead atoms. The molecule has 0 heterocycles. The molecule has 1 rings (SSSR count). The van der Waals surface area contributed by atoms with Gasteiger partial charge in [0.2, 0.25) is 0 Å². The van der Waals surface area contributed by atoms with E-state index in [-0.39, 0.29) is 7.92 Å². The Labute approximate surface area is 92.8 Å². The highest BCUT2D eigenvalue weighted by molar-refractivity contribution is 7.64. The molecule has 1 N–H and O–H groups in total. The normalized spacial score (nSPS) is 9.80. The Bertz CT molecular complexity index is 368. The van der Waals surface area contributed by atoms with E-state index in [1.807, 2.05) is 6.07 Å². The Morgan fingerprint density at radius 3 is 2.73 bits per heavy atom. The number of ether oxygens (including phenoxy) is 1. The summed E-state index contributed by atoms with van der Waals surface area (Å²) in [7, 11) is 1.58. The van der Waals surface area contributed by atoms with Gasteiger partial charge >= 0.3 is 0 Å². The van der Waals surface area contributed by atoms with Crippen molar-refractivity contribution in [2.45, 2.75) is 0 Å². The van der Waals surface area contributed by atoms with E-state index in [1.54, 1.807) is 7.11 Å². The second kappa shape index (κ2) is 5.63. The molecule has 0 unspecified atom stereocenters. The van der Waals surface area contributed by atoms with Crippen LogP contribution in [0.5, 0.6) is 5.75 Å². The van der Waals surface area contributed by atoms with Crippen molar-refractivity contribution in [1.82, 2.24) is 0 Å². The van der Waals surface area contributed by atoms with Crippen LogP contribution < -0.4 is 15.4 Å². The number of hydrogen-bond acceptors (Lipinski definition) is 2. The van der Waals surface area contributed by atoms with Gasteiger partial charge in [0, 0.05) is 0 Å². The van der Waals surface area contributed by atoms with Gasteiger partial charge in [-0.15, -0.1) is 6.42 Å². The molecule has 15 heavy (non-hydrogen) atoms. The quantitative estimate of drug-likeness (QED) is 0.621. The smallest absolute Gasteiger partial charge is 0.142 e. The van der Waals surface area contributed by atoms with Gasteiger partial charge in [0.1, 0.15) is 5.75 Å². The number of nitrogens with one attached hydrogen (secondary N) is 1. The van der Waals surface area contributed by atoms with E-state index < -0.39 is 0 Å². The predicted molar refractivity (Wildman–Crippen MR) is 68.7 cm³/mol. The lowest BCUT2D eigenvalue weighted by atomic mass is 10.3. The largest absolute Gasteiger partial charge is 0.495 e. The average molecular weight is 221 g/mol. The molecule has 0 aliphatic heterocycles. The SMILES string of the molecule is C#CCNc1ccc(P(C)C)cc1OC. The molecule has 1 aromatic rings. The molecule has 2 nitrogen and oxygen atoms in total. The van der Waals surface area contributed by atoms with E-state index in [0.29, 0.717) is 6.54 Å². The van der Waals surface area contributed by atoms with Crippen LogP contribution in [-0.4, -0.2) is 27.0 Å². The highest BCUT2D eigenvalue weighted by Gasteiger charge is 2.05. The third kappa shape index (κ3) is 3.15. The molecule has 0 saturated heterocycles. The molecule has 1 aromatic carbocycles. The Morgan fingerprint density at radius 1 is 1.47 bits per heavy atom. The summed E-state index contributed by atoms with van der Waals surface area (Å²) in [6, 6.07) is 6.21. The zero-order valence-electron chi connectivity index (χ0n) is 9.37. The van der Waals surface area contributed by atoms with Gasteiger partial charge in [0.15, 0.2) is 0 Å². The number of benzene rings is 1. The predicted octanol–water partition coefficient (Wildman–Crippen LogP) is 2.11. The second-order valence-electron chi connectivity index (χ2n) is 3.34. The number of terminal acetylenes is 1. The molecule has 0 aromatic heterocycles. The first kappa shape index (κ1) is 11.9. The fourth-order valence-electron chi connectivity index (χ4n) is 1.25. The van der Waals surface area contributed by atoms with E-state index in [0.717, 1.165) is 11.4 Å². The van der Waals surface area contributed by atoms with Gasteiger partial charge < -0.3 is 10.1 Å². The summed E-state index contributed by atoms with van der Waals surface area (Å²) in [6.07, 6.45) is 5.20. The highest BCUT2D eigenvalue weighted by atomic mass is 31.1. The van der Waals surface area contributed by atoms with Crippen molar-refractivity contribution in [1.29, 1.82) is 0 Å². The first-order chi connectivity index (χ1) is 7.19. The molecule has 3 heteroatoms. The van der Waals surface area contributed by atoms with Gasteiger partial charge in [0.05, 0.1) is 19.3 Å². The third-order valence-corrected chi connectivity index (χ3v) is 3.39. The molecule has 0 aliphatic carbocycles. The van der Waals surface area contributed by atoms with E-state index >= 15 is 0 Å². The van der Waals surface area contributed by atoms with Gasteiger partial charge in [0.25, 0.3) is 0 Å². The molecule has 0 amide bonds. The zero-order chi connectivity index (χ0) is 11.3. The van der Waals surface area contributed by atoms with Crippen LogP contribution in [0, 0.1) is 12.3 Å². The van der Waals surface area contributed by atoms with Crippen molar-refractivity contribution in [2.75, 3.05) is 32.3 Å². The highest BCUT2D eigenvalue weighted by Crippen LogP contribution is 2.29. The van der Waals surface area contributed by atoms with Crippen molar-refractivity contribution in [3.63, 3.8) is 0 Å². The maximum atomic E-state index is 5.31. The lowest BCUT2D eigenvalue weighted by Crippen LogP contribution is -2.05. The number of hydrogen-bond donors (Lipinski definition) is 1. The maximum absolute atomic E-state index is 5.31. The summed E-state index contributed by atoms with van der Waals surface area (Å²) in [6.45, 7) is 4.96. The second-order valence-corrected chi connectivity index (χ2v) is 5.64. The van der Waals surface area contributed by atoms with Crippen molar-refractivity contribution in [2.24, 2.45) is 0 Å². The molecule has 0 saturated carbocycles. The Balaban J connectivity index is 2.94. The van der Waals surface area contributed by atoms with Crippen LogP contribution in [0.2, 0.25) is 0 Å². The van der Waals surface area contributed by atoms with E-state index in [1.165, 1.54) is 5.30 Å². The Kier molecular flexibility index (Phi) is 4.46. The van der Waals surface area contributed by atoms with Crippen molar-refractivity contribution >= 4 is 18.9 Å². The van der Waals surface area contributed by atoms with Crippen LogP contribution in [0.4, 0.5) is 5.69 Å².